The topological polar surface area (TPSA) is 80.2 Å². The SMILES string of the molecule is COCc1nnc(NC(=O)CN(C)Cc2nc(C)cs2)s1. The van der Waals surface area contributed by atoms with Gasteiger partial charge in [0.1, 0.15) is 16.6 Å². The first-order chi connectivity index (χ1) is 10.1. The van der Waals surface area contributed by atoms with Gasteiger partial charge in [-0.3, -0.25) is 15.0 Å². The van der Waals surface area contributed by atoms with Gasteiger partial charge >= 0.3 is 0 Å². The Morgan fingerprint density at radius 2 is 2.24 bits per heavy atom. The van der Waals surface area contributed by atoms with Crippen molar-refractivity contribution < 1.29 is 9.53 Å². The molecule has 2 aromatic heterocycles. The lowest BCUT2D eigenvalue weighted by Crippen LogP contribution is -2.29. The monoisotopic (exact) mass is 327 g/mol. The largest absolute Gasteiger partial charge is 0.377 e. The highest BCUT2D eigenvalue weighted by Gasteiger charge is 2.11. The second-order valence-electron chi connectivity index (χ2n) is 4.54. The maximum absolute atomic E-state index is 11.9. The van der Waals surface area contributed by atoms with E-state index in [1.807, 2.05) is 24.3 Å². The van der Waals surface area contributed by atoms with E-state index in [2.05, 4.69) is 20.5 Å². The third-order valence-corrected chi connectivity index (χ3v) is 4.23. The van der Waals surface area contributed by atoms with Crippen LogP contribution in [-0.4, -0.2) is 46.7 Å². The zero-order valence-corrected chi connectivity index (χ0v) is 13.8. The van der Waals surface area contributed by atoms with Crippen molar-refractivity contribution >= 4 is 33.7 Å². The summed E-state index contributed by atoms with van der Waals surface area (Å²) in [6.45, 7) is 3.28. The quantitative estimate of drug-likeness (QED) is 0.830. The van der Waals surface area contributed by atoms with Crippen LogP contribution >= 0.6 is 22.7 Å². The van der Waals surface area contributed by atoms with Gasteiger partial charge in [-0.15, -0.1) is 21.5 Å². The van der Waals surface area contributed by atoms with E-state index in [9.17, 15) is 4.79 Å². The lowest BCUT2D eigenvalue weighted by molar-refractivity contribution is -0.117. The average Bonchev–Trinajstić information content (AvgIpc) is 2.99. The van der Waals surface area contributed by atoms with Gasteiger partial charge in [0, 0.05) is 18.2 Å². The van der Waals surface area contributed by atoms with Crippen LogP contribution < -0.4 is 5.32 Å². The molecule has 2 rings (SSSR count). The molecule has 0 saturated heterocycles. The van der Waals surface area contributed by atoms with Crippen LogP contribution in [0.5, 0.6) is 0 Å². The Hall–Kier alpha value is -1.42. The number of amides is 1. The molecule has 0 aromatic carbocycles. The Morgan fingerprint density at radius 3 is 2.90 bits per heavy atom. The van der Waals surface area contributed by atoms with Crippen LogP contribution in [0, 0.1) is 6.92 Å². The van der Waals surface area contributed by atoms with Gasteiger partial charge < -0.3 is 4.74 Å². The molecule has 0 atom stereocenters. The van der Waals surface area contributed by atoms with Crippen LogP contribution in [0.3, 0.4) is 0 Å². The third kappa shape index (κ3) is 5.12. The number of anilines is 1. The number of thiazole rings is 1. The molecular weight excluding hydrogens is 310 g/mol. The van der Waals surface area contributed by atoms with Crippen LogP contribution in [0.4, 0.5) is 5.13 Å². The number of rotatable bonds is 7. The molecule has 2 aromatic rings. The molecule has 0 aliphatic carbocycles. The van der Waals surface area contributed by atoms with Gasteiger partial charge in [-0.1, -0.05) is 11.3 Å². The first-order valence-corrected chi connectivity index (χ1v) is 7.97. The molecule has 0 aliphatic rings. The number of likely N-dealkylation sites (N-methyl/N-ethyl adjacent to an activating group) is 1. The van der Waals surface area contributed by atoms with Gasteiger partial charge in [-0.05, 0) is 14.0 Å². The number of methoxy groups -OCH3 is 1. The summed E-state index contributed by atoms with van der Waals surface area (Å²) in [6.07, 6.45) is 0. The minimum absolute atomic E-state index is 0.120. The van der Waals surface area contributed by atoms with Crippen molar-refractivity contribution in [1.29, 1.82) is 0 Å². The van der Waals surface area contributed by atoms with Crippen molar-refractivity contribution in [3.05, 3.63) is 21.1 Å². The number of aromatic nitrogens is 3. The summed E-state index contributed by atoms with van der Waals surface area (Å²) in [6, 6.07) is 0. The summed E-state index contributed by atoms with van der Waals surface area (Å²) in [5.74, 6) is -0.120. The number of nitrogens with one attached hydrogen (secondary N) is 1. The molecule has 0 bridgehead atoms. The average molecular weight is 327 g/mol. The maximum Gasteiger partial charge on any atom is 0.240 e. The van der Waals surface area contributed by atoms with Crippen molar-refractivity contribution in [3.8, 4) is 0 Å². The van der Waals surface area contributed by atoms with Gasteiger partial charge in [0.05, 0.1) is 13.1 Å². The van der Waals surface area contributed by atoms with Gasteiger partial charge in [0.15, 0.2) is 0 Å². The highest BCUT2D eigenvalue weighted by molar-refractivity contribution is 7.15. The van der Waals surface area contributed by atoms with Crippen molar-refractivity contribution in [2.75, 3.05) is 26.0 Å². The van der Waals surface area contributed by atoms with Gasteiger partial charge in [-0.25, -0.2) is 4.98 Å². The highest BCUT2D eigenvalue weighted by Crippen LogP contribution is 2.16. The van der Waals surface area contributed by atoms with E-state index in [-0.39, 0.29) is 12.5 Å². The molecular formula is C12H17N5O2S2. The Labute approximate surface area is 131 Å². The van der Waals surface area contributed by atoms with E-state index in [1.54, 1.807) is 18.4 Å². The molecule has 0 radical (unpaired) electrons. The second kappa shape index (κ2) is 7.55. The fourth-order valence-electron chi connectivity index (χ4n) is 1.65. The van der Waals surface area contributed by atoms with E-state index in [0.29, 0.717) is 18.3 Å². The summed E-state index contributed by atoms with van der Waals surface area (Å²) >= 11 is 2.91. The number of hydrogen-bond acceptors (Lipinski definition) is 8. The Balaban J connectivity index is 1.80. The zero-order valence-electron chi connectivity index (χ0n) is 12.1. The first-order valence-electron chi connectivity index (χ1n) is 6.27. The number of carbonyl (C=O) groups excluding carboxylic acids is 1. The van der Waals surface area contributed by atoms with Crippen LogP contribution in [0.1, 0.15) is 15.7 Å². The van der Waals surface area contributed by atoms with Gasteiger partial charge in [-0.2, -0.15) is 0 Å². The number of nitrogens with zero attached hydrogens (tertiary/aromatic N) is 4. The standard InChI is InChI=1S/C12H17N5O2S2/c1-8-7-20-10(13-8)5-17(2)4-9(18)14-12-16-15-11(21-12)6-19-3/h7H,4-6H2,1-3H3,(H,14,16,18). The normalized spacial score (nSPS) is 11.0. The van der Waals surface area contributed by atoms with Crippen molar-refractivity contribution in [3.63, 3.8) is 0 Å². The van der Waals surface area contributed by atoms with Crippen molar-refractivity contribution in [2.45, 2.75) is 20.1 Å². The molecule has 0 saturated carbocycles. The molecule has 7 nitrogen and oxygen atoms in total. The fraction of sp³-hybridized carbons (Fsp3) is 0.500. The van der Waals surface area contributed by atoms with E-state index >= 15 is 0 Å². The van der Waals surface area contributed by atoms with E-state index in [1.165, 1.54) is 11.3 Å². The smallest absolute Gasteiger partial charge is 0.240 e. The van der Waals surface area contributed by atoms with E-state index < -0.39 is 0 Å². The number of ether oxygens (including phenoxy) is 1. The molecule has 2 heterocycles. The molecule has 1 N–H and O–H groups in total. The van der Waals surface area contributed by atoms with Crippen LogP contribution in [0.15, 0.2) is 5.38 Å². The van der Waals surface area contributed by atoms with Crippen molar-refractivity contribution in [1.82, 2.24) is 20.1 Å². The maximum atomic E-state index is 11.9. The minimum atomic E-state index is -0.120. The number of carbonyl (C=O) groups is 1. The Kier molecular flexibility index (Phi) is 5.74. The Morgan fingerprint density at radius 1 is 1.43 bits per heavy atom. The molecule has 0 fully saturated rings. The lowest BCUT2D eigenvalue weighted by atomic mass is 10.5. The van der Waals surface area contributed by atoms with E-state index in [4.69, 9.17) is 4.74 Å². The van der Waals surface area contributed by atoms with Crippen LogP contribution in [0.2, 0.25) is 0 Å². The molecule has 0 unspecified atom stereocenters. The molecule has 1 amide bonds. The molecule has 0 aliphatic heterocycles. The van der Waals surface area contributed by atoms with Gasteiger partial charge in [0.25, 0.3) is 0 Å². The number of aryl methyl sites for hydroxylation is 1. The lowest BCUT2D eigenvalue weighted by Gasteiger charge is -2.13. The summed E-state index contributed by atoms with van der Waals surface area (Å²) in [4.78, 5) is 18.2. The third-order valence-electron chi connectivity index (χ3n) is 2.47. The van der Waals surface area contributed by atoms with E-state index in [0.717, 1.165) is 15.7 Å². The summed E-state index contributed by atoms with van der Waals surface area (Å²) in [5, 5.41) is 14.8. The summed E-state index contributed by atoms with van der Waals surface area (Å²) < 4.78 is 4.96. The summed E-state index contributed by atoms with van der Waals surface area (Å²) in [5.41, 5.74) is 1.01. The van der Waals surface area contributed by atoms with Crippen LogP contribution in [0.25, 0.3) is 0 Å². The first kappa shape index (κ1) is 16.0. The fourth-order valence-corrected chi connectivity index (χ4v) is 3.23. The molecule has 21 heavy (non-hydrogen) atoms. The second-order valence-corrected chi connectivity index (χ2v) is 6.54. The van der Waals surface area contributed by atoms with Crippen LogP contribution in [-0.2, 0) is 22.7 Å². The number of hydrogen-bond donors (Lipinski definition) is 1. The predicted molar refractivity (Wildman–Crippen MR) is 82.4 cm³/mol. The molecule has 114 valence electrons. The highest BCUT2D eigenvalue weighted by atomic mass is 32.1. The predicted octanol–water partition coefficient (Wildman–Crippen LogP) is 1.52. The minimum Gasteiger partial charge on any atom is -0.377 e. The Bertz CT molecular complexity index is 598. The molecule has 9 heteroatoms. The molecule has 0 spiro atoms. The summed E-state index contributed by atoms with van der Waals surface area (Å²) in [7, 11) is 3.47. The zero-order chi connectivity index (χ0) is 15.2. The van der Waals surface area contributed by atoms with Crippen molar-refractivity contribution in [2.24, 2.45) is 0 Å². The van der Waals surface area contributed by atoms with Gasteiger partial charge in [0.2, 0.25) is 11.0 Å².